The molecule has 7 heteroatoms. The Morgan fingerprint density at radius 1 is 0.933 bits per heavy atom. The van der Waals surface area contributed by atoms with Crippen molar-refractivity contribution in [1.82, 2.24) is 18.9 Å². The van der Waals surface area contributed by atoms with E-state index in [2.05, 4.69) is 58.0 Å². The summed E-state index contributed by atoms with van der Waals surface area (Å²) >= 11 is 0. The largest absolute Gasteiger partial charge is 0.387 e. The smallest absolute Gasteiger partial charge is 0.215 e. The van der Waals surface area contributed by atoms with Gasteiger partial charge in [0.15, 0.2) is 0 Å². The van der Waals surface area contributed by atoms with Crippen LogP contribution in [0.25, 0.3) is 28.1 Å². The molecule has 0 fully saturated rings. The van der Waals surface area contributed by atoms with Crippen molar-refractivity contribution in [2.24, 2.45) is 0 Å². The molecule has 2 aromatic carbocycles. The van der Waals surface area contributed by atoms with E-state index in [1.165, 1.54) is 0 Å². The predicted molar refractivity (Wildman–Crippen MR) is 129 cm³/mol. The Hall–Kier alpha value is -2.05. The van der Waals surface area contributed by atoms with E-state index in [-0.39, 0.29) is 24.8 Å². The van der Waals surface area contributed by atoms with Crippen molar-refractivity contribution < 1.29 is 5.11 Å². The summed E-state index contributed by atoms with van der Waals surface area (Å²) in [6.45, 7) is 10.1. The van der Waals surface area contributed by atoms with Crippen molar-refractivity contribution in [3.8, 4) is 11.3 Å². The lowest BCUT2D eigenvalue weighted by atomic mass is 10.1. The van der Waals surface area contributed by atoms with E-state index in [1.807, 2.05) is 31.2 Å². The number of aliphatic hydroxyl groups is 1. The van der Waals surface area contributed by atoms with Crippen LogP contribution >= 0.6 is 24.8 Å². The molecule has 0 radical (unpaired) electrons. The Morgan fingerprint density at radius 2 is 1.53 bits per heavy atom. The van der Waals surface area contributed by atoms with Gasteiger partial charge in [0, 0.05) is 18.7 Å². The lowest BCUT2D eigenvalue weighted by molar-refractivity contribution is 0.194. The van der Waals surface area contributed by atoms with Crippen molar-refractivity contribution in [1.29, 1.82) is 0 Å². The molecule has 2 heterocycles. The van der Waals surface area contributed by atoms with Crippen LogP contribution in [-0.4, -0.2) is 43.6 Å². The van der Waals surface area contributed by atoms with Gasteiger partial charge in [-0.25, -0.2) is 4.98 Å². The maximum atomic E-state index is 10.6. The van der Waals surface area contributed by atoms with Gasteiger partial charge in [0.2, 0.25) is 5.78 Å². The van der Waals surface area contributed by atoms with Gasteiger partial charge in [-0.15, -0.1) is 24.8 Å². The summed E-state index contributed by atoms with van der Waals surface area (Å²) < 4.78 is 4.41. The summed E-state index contributed by atoms with van der Waals surface area (Å²) in [4.78, 5) is 7.44. The fourth-order valence-electron chi connectivity index (χ4n) is 4.02. The molecule has 0 saturated heterocycles. The molecule has 4 rings (SSSR count). The zero-order valence-electron chi connectivity index (χ0n) is 17.7. The third-order valence-corrected chi connectivity index (χ3v) is 5.53. The van der Waals surface area contributed by atoms with Crippen LogP contribution in [0, 0.1) is 0 Å². The molecular weight excluding hydrogens is 419 g/mol. The number of hydrogen-bond acceptors (Lipinski definition) is 3. The van der Waals surface area contributed by atoms with Crippen LogP contribution in [0.15, 0.2) is 54.6 Å². The molecule has 0 aliphatic heterocycles. The Balaban J connectivity index is 0.00000160. The van der Waals surface area contributed by atoms with Gasteiger partial charge in [0.25, 0.3) is 0 Å². The molecule has 0 aliphatic carbocycles. The molecule has 0 aliphatic rings. The second kappa shape index (κ2) is 10.3. The first-order valence-electron chi connectivity index (χ1n) is 10.1. The van der Waals surface area contributed by atoms with Crippen molar-refractivity contribution in [3.05, 3.63) is 60.3 Å². The van der Waals surface area contributed by atoms with Crippen LogP contribution in [-0.2, 0) is 6.54 Å². The third-order valence-electron chi connectivity index (χ3n) is 5.53. The molecule has 2 aromatic heterocycles. The van der Waals surface area contributed by atoms with Crippen LogP contribution in [0.1, 0.15) is 32.6 Å². The fourth-order valence-corrected chi connectivity index (χ4v) is 4.02. The first kappa shape index (κ1) is 24.2. The molecular formula is C23H30Cl2N4O. The molecule has 162 valence electrons. The normalized spacial score (nSPS) is 12.2. The molecule has 0 bridgehead atoms. The van der Waals surface area contributed by atoms with Crippen molar-refractivity contribution in [2.45, 2.75) is 33.4 Å². The van der Waals surface area contributed by atoms with Gasteiger partial charge in [-0.3, -0.25) is 4.40 Å². The van der Waals surface area contributed by atoms with Gasteiger partial charge in [0.05, 0.1) is 28.5 Å². The SMILES string of the molecule is CCN(CC)CCn1c2ccccc2n2c(C(C)O)c(-c3ccccc3)nc12.Cl.Cl. The number of aliphatic hydroxyl groups excluding tert-OH is 1. The van der Waals surface area contributed by atoms with Crippen LogP contribution < -0.4 is 0 Å². The summed E-state index contributed by atoms with van der Waals surface area (Å²) in [6, 6.07) is 18.5. The number of fused-ring (bicyclic) bond motifs is 3. The minimum Gasteiger partial charge on any atom is -0.387 e. The summed E-state index contributed by atoms with van der Waals surface area (Å²) in [5.74, 6) is 0.892. The number of halogens is 2. The summed E-state index contributed by atoms with van der Waals surface area (Å²) in [5, 5.41) is 10.6. The van der Waals surface area contributed by atoms with E-state index in [9.17, 15) is 5.11 Å². The summed E-state index contributed by atoms with van der Waals surface area (Å²) in [7, 11) is 0. The molecule has 1 N–H and O–H groups in total. The topological polar surface area (TPSA) is 45.7 Å². The van der Waals surface area contributed by atoms with Gasteiger partial charge >= 0.3 is 0 Å². The van der Waals surface area contributed by atoms with Gasteiger partial charge < -0.3 is 14.6 Å². The number of likely N-dealkylation sites (N-methyl/N-ethyl adjacent to an activating group) is 1. The number of hydrogen-bond donors (Lipinski definition) is 1. The Morgan fingerprint density at radius 3 is 2.13 bits per heavy atom. The average molecular weight is 449 g/mol. The molecule has 4 aromatic rings. The second-order valence-corrected chi connectivity index (χ2v) is 7.19. The van der Waals surface area contributed by atoms with Gasteiger partial charge in [-0.1, -0.05) is 56.3 Å². The van der Waals surface area contributed by atoms with E-state index in [1.54, 1.807) is 0 Å². The zero-order chi connectivity index (χ0) is 19.7. The Kier molecular flexibility index (Phi) is 8.33. The van der Waals surface area contributed by atoms with E-state index < -0.39 is 6.10 Å². The number of rotatable bonds is 7. The van der Waals surface area contributed by atoms with Gasteiger partial charge in [-0.05, 0) is 32.1 Å². The predicted octanol–water partition coefficient (Wildman–Crippen LogP) is 5.19. The quantitative estimate of drug-likeness (QED) is 0.422. The van der Waals surface area contributed by atoms with Crippen molar-refractivity contribution >= 4 is 41.6 Å². The Labute approximate surface area is 190 Å². The van der Waals surface area contributed by atoms with Crippen LogP contribution in [0.5, 0.6) is 0 Å². The highest BCUT2D eigenvalue weighted by Gasteiger charge is 2.23. The second-order valence-electron chi connectivity index (χ2n) is 7.19. The minimum atomic E-state index is -0.618. The van der Waals surface area contributed by atoms with E-state index in [4.69, 9.17) is 4.98 Å². The summed E-state index contributed by atoms with van der Waals surface area (Å²) in [6.07, 6.45) is -0.618. The fraction of sp³-hybridized carbons (Fsp3) is 0.348. The maximum absolute atomic E-state index is 10.6. The number of aromatic nitrogens is 3. The van der Waals surface area contributed by atoms with Crippen LogP contribution in [0.4, 0.5) is 0 Å². The van der Waals surface area contributed by atoms with E-state index >= 15 is 0 Å². The highest BCUT2D eigenvalue weighted by atomic mass is 35.5. The standard InChI is InChI=1S/C23H28N4O.2ClH/c1-4-25(5-2)15-16-26-19-13-9-10-14-20(19)27-22(17(3)28)21(24-23(26)27)18-11-7-6-8-12-18;;/h6-14,17,28H,4-5,15-16H2,1-3H3;2*1H. The highest BCUT2D eigenvalue weighted by Crippen LogP contribution is 2.33. The van der Waals surface area contributed by atoms with Crippen molar-refractivity contribution in [2.75, 3.05) is 19.6 Å². The molecule has 0 amide bonds. The molecule has 30 heavy (non-hydrogen) atoms. The first-order chi connectivity index (χ1) is 13.7. The number of nitrogens with zero attached hydrogens (tertiary/aromatic N) is 4. The van der Waals surface area contributed by atoms with Gasteiger partial charge in [0.1, 0.15) is 0 Å². The lowest BCUT2D eigenvalue weighted by Gasteiger charge is -2.18. The average Bonchev–Trinajstić information content (AvgIpc) is 3.25. The van der Waals surface area contributed by atoms with E-state index in [0.29, 0.717) is 0 Å². The molecule has 0 saturated carbocycles. The number of imidazole rings is 2. The zero-order valence-corrected chi connectivity index (χ0v) is 19.3. The number of benzene rings is 2. The van der Waals surface area contributed by atoms with Crippen molar-refractivity contribution in [3.63, 3.8) is 0 Å². The maximum Gasteiger partial charge on any atom is 0.215 e. The van der Waals surface area contributed by atoms with E-state index in [0.717, 1.165) is 59.9 Å². The molecule has 5 nitrogen and oxygen atoms in total. The molecule has 0 spiro atoms. The molecule has 1 atom stereocenters. The third kappa shape index (κ3) is 4.21. The van der Waals surface area contributed by atoms with Gasteiger partial charge in [-0.2, -0.15) is 0 Å². The minimum absolute atomic E-state index is 0. The van der Waals surface area contributed by atoms with Crippen LogP contribution in [0.3, 0.4) is 0 Å². The highest BCUT2D eigenvalue weighted by molar-refractivity contribution is 5.86. The monoisotopic (exact) mass is 448 g/mol. The summed E-state index contributed by atoms with van der Waals surface area (Å²) in [5.41, 5.74) is 4.97. The molecule has 1 unspecified atom stereocenters. The lowest BCUT2D eigenvalue weighted by Crippen LogP contribution is -2.27. The number of para-hydroxylation sites is 2. The Bertz CT molecular complexity index is 1080. The first-order valence-corrected chi connectivity index (χ1v) is 10.1. The van der Waals surface area contributed by atoms with Crippen LogP contribution in [0.2, 0.25) is 0 Å².